The molecule has 2 aromatic rings. The Balaban J connectivity index is 2.20. The molecule has 0 radical (unpaired) electrons. The molecule has 1 unspecified atom stereocenters. The van der Waals surface area contributed by atoms with Crippen LogP contribution in [0.25, 0.3) is 0 Å². The Bertz CT molecular complexity index is 524. The Morgan fingerprint density at radius 1 is 1.41 bits per heavy atom. The first-order chi connectivity index (χ1) is 8.08. The predicted octanol–water partition coefficient (Wildman–Crippen LogP) is 4.71. The van der Waals surface area contributed by atoms with Crippen molar-refractivity contribution in [3.8, 4) is 0 Å². The van der Waals surface area contributed by atoms with Gasteiger partial charge in [0.15, 0.2) is 0 Å². The quantitative estimate of drug-likeness (QED) is 0.866. The Morgan fingerprint density at radius 3 is 2.71 bits per heavy atom. The molecule has 0 amide bonds. The van der Waals surface area contributed by atoms with E-state index in [2.05, 4.69) is 28.9 Å². The highest BCUT2D eigenvalue weighted by Crippen LogP contribution is 2.33. The lowest BCUT2D eigenvalue weighted by atomic mass is 10.1. The summed E-state index contributed by atoms with van der Waals surface area (Å²) in [7, 11) is 0. The average molecular weight is 331 g/mol. The third-order valence-corrected chi connectivity index (χ3v) is 5.04. The van der Waals surface area contributed by atoms with E-state index in [4.69, 9.17) is 17.3 Å². The van der Waals surface area contributed by atoms with Crippen molar-refractivity contribution in [1.82, 2.24) is 0 Å². The minimum Gasteiger partial charge on any atom is -0.323 e. The summed E-state index contributed by atoms with van der Waals surface area (Å²) < 4.78 is 1.10. The average Bonchev–Trinajstić information content (AvgIpc) is 2.61. The molecule has 0 saturated heterocycles. The van der Waals surface area contributed by atoms with E-state index in [0.29, 0.717) is 0 Å². The molecule has 90 valence electrons. The number of benzene rings is 1. The van der Waals surface area contributed by atoms with Gasteiger partial charge in [0.25, 0.3) is 0 Å². The van der Waals surface area contributed by atoms with Gasteiger partial charge in [-0.05, 0) is 47.0 Å². The number of thiophene rings is 1. The van der Waals surface area contributed by atoms with Gasteiger partial charge in [-0.3, -0.25) is 0 Å². The molecule has 0 aliphatic heterocycles. The second-order valence-corrected chi connectivity index (χ2v) is 6.52. The SMILES string of the molecule is Cc1cc(Br)c(C(N)Cc2ccccc2Cl)s1. The lowest BCUT2D eigenvalue weighted by Gasteiger charge is -2.11. The van der Waals surface area contributed by atoms with Gasteiger partial charge in [0.05, 0.1) is 0 Å². The Kier molecular flexibility index (Phi) is 4.26. The van der Waals surface area contributed by atoms with Crippen molar-refractivity contribution in [3.05, 3.63) is 55.1 Å². The van der Waals surface area contributed by atoms with Crippen molar-refractivity contribution in [2.24, 2.45) is 5.73 Å². The molecule has 1 aromatic heterocycles. The van der Waals surface area contributed by atoms with E-state index in [1.54, 1.807) is 11.3 Å². The van der Waals surface area contributed by atoms with Crippen LogP contribution in [0.5, 0.6) is 0 Å². The second kappa shape index (κ2) is 5.53. The van der Waals surface area contributed by atoms with Gasteiger partial charge in [0, 0.05) is 25.3 Å². The van der Waals surface area contributed by atoms with E-state index < -0.39 is 0 Å². The zero-order valence-corrected chi connectivity index (χ0v) is 12.6. The van der Waals surface area contributed by atoms with Gasteiger partial charge in [-0.1, -0.05) is 29.8 Å². The molecule has 4 heteroatoms. The van der Waals surface area contributed by atoms with E-state index in [1.807, 2.05) is 24.3 Å². The van der Waals surface area contributed by atoms with Crippen LogP contribution in [0.1, 0.15) is 21.4 Å². The lowest BCUT2D eigenvalue weighted by molar-refractivity contribution is 0.734. The topological polar surface area (TPSA) is 26.0 Å². The van der Waals surface area contributed by atoms with E-state index in [-0.39, 0.29) is 6.04 Å². The van der Waals surface area contributed by atoms with Gasteiger partial charge in [0.1, 0.15) is 0 Å². The normalized spacial score (nSPS) is 12.7. The van der Waals surface area contributed by atoms with Crippen molar-refractivity contribution >= 4 is 38.9 Å². The van der Waals surface area contributed by atoms with Crippen molar-refractivity contribution in [2.45, 2.75) is 19.4 Å². The maximum Gasteiger partial charge on any atom is 0.0442 e. The van der Waals surface area contributed by atoms with Crippen LogP contribution in [-0.2, 0) is 6.42 Å². The Hall–Kier alpha value is -0.350. The minimum absolute atomic E-state index is 0.0111. The molecule has 1 heterocycles. The zero-order chi connectivity index (χ0) is 12.4. The molecule has 2 rings (SSSR count). The molecule has 0 aliphatic rings. The van der Waals surface area contributed by atoms with Crippen LogP contribution < -0.4 is 5.73 Å². The predicted molar refractivity (Wildman–Crippen MR) is 78.8 cm³/mol. The van der Waals surface area contributed by atoms with E-state index in [0.717, 1.165) is 21.5 Å². The number of halogens is 2. The monoisotopic (exact) mass is 329 g/mol. The van der Waals surface area contributed by atoms with Crippen molar-refractivity contribution < 1.29 is 0 Å². The fourth-order valence-corrected chi connectivity index (χ4v) is 3.91. The number of nitrogens with two attached hydrogens (primary N) is 1. The van der Waals surface area contributed by atoms with Crippen LogP contribution in [0, 0.1) is 6.92 Å². The highest BCUT2D eigenvalue weighted by Gasteiger charge is 2.14. The molecular formula is C13H13BrClNS. The summed E-state index contributed by atoms with van der Waals surface area (Å²) in [6, 6.07) is 9.94. The maximum atomic E-state index is 6.23. The molecular weight excluding hydrogens is 318 g/mol. The zero-order valence-electron chi connectivity index (χ0n) is 9.41. The van der Waals surface area contributed by atoms with Crippen LogP contribution in [0.4, 0.5) is 0 Å². The summed E-state index contributed by atoms with van der Waals surface area (Å²) in [6.45, 7) is 2.08. The highest BCUT2D eigenvalue weighted by atomic mass is 79.9. The van der Waals surface area contributed by atoms with Gasteiger partial charge in [-0.25, -0.2) is 0 Å². The molecule has 1 atom stereocenters. The summed E-state index contributed by atoms with van der Waals surface area (Å²) in [5.74, 6) is 0. The van der Waals surface area contributed by atoms with Crippen LogP contribution in [0.2, 0.25) is 5.02 Å². The molecule has 17 heavy (non-hydrogen) atoms. The summed E-state index contributed by atoms with van der Waals surface area (Å²) in [5.41, 5.74) is 7.33. The van der Waals surface area contributed by atoms with Crippen molar-refractivity contribution in [3.63, 3.8) is 0 Å². The molecule has 2 N–H and O–H groups in total. The molecule has 0 saturated carbocycles. The third-order valence-electron chi connectivity index (χ3n) is 2.57. The van der Waals surface area contributed by atoms with Crippen LogP contribution in [0.3, 0.4) is 0 Å². The number of aryl methyl sites for hydroxylation is 1. The molecule has 0 fully saturated rings. The summed E-state index contributed by atoms with van der Waals surface area (Å²) in [5, 5.41) is 0.785. The molecule has 1 aromatic carbocycles. The highest BCUT2D eigenvalue weighted by molar-refractivity contribution is 9.10. The summed E-state index contributed by atoms with van der Waals surface area (Å²) >= 11 is 11.4. The van der Waals surface area contributed by atoms with E-state index in [1.165, 1.54) is 9.75 Å². The maximum absolute atomic E-state index is 6.23. The lowest BCUT2D eigenvalue weighted by Crippen LogP contribution is -2.12. The summed E-state index contributed by atoms with van der Waals surface area (Å²) in [4.78, 5) is 2.45. The fraction of sp³-hybridized carbons (Fsp3) is 0.231. The van der Waals surface area contributed by atoms with E-state index >= 15 is 0 Å². The van der Waals surface area contributed by atoms with Gasteiger partial charge in [-0.2, -0.15) is 0 Å². The van der Waals surface area contributed by atoms with Gasteiger partial charge >= 0.3 is 0 Å². The number of hydrogen-bond donors (Lipinski definition) is 1. The largest absolute Gasteiger partial charge is 0.323 e. The molecule has 0 spiro atoms. The van der Waals surface area contributed by atoms with Crippen LogP contribution in [0.15, 0.2) is 34.8 Å². The Labute approximate surface area is 119 Å². The molecule has 0 aliphatic carbocycles. The minimum atomic E-state index is -0.0111. The first-order valence-electron chi connectivity index (χ1n) is 5.32. The van der Waals surface area contributed by atoms with Crippen LogP contribution >= 0.6 is 38.9 Å². The van der Waals surface area contributed by atoms with Crippen molar-refractivity contribution in [2.75, 3.05) is 0 Å². The standard InChI is InChI=1S/C13H13BrClNS/c1-8-6-10(14)13(17-8)12(16)7-9-4-2-3-5-11(9)15/h2-6,12H,7,16H2,1H3. The molecule has 1 nitrogen and oxygen atoms in total. The van der Waals surface area contributed by atoms with Gasteiger partial charge < -0.3 is 5.73 Å². The molecule has 0 bridgehead atoms. The number of hydrogen-bond acceptors (Lipinski definition) is 2. The van der Waals surface area contributed by atoms with E-state index in [9.17, 15) is 0 Å². The van der Waals surface area contributed by atoms with Gasteiger partial charge in [-0.15, -0.1) is 11.3 Å². The first kappa shape index (κ1) is 13.1. The smallest absolute Gasteiger partial charge is 0.0442 e. The fourth-order valence-electron chi connectivity index (χ4n) is 1.75. The second-order valence-electron chi connectivity index (χ2n) is 3.97. The summed E-state index contributed by atoms with van der Waals surface area (Å²) in [6.07, 6.45) is 0.762. The number of rotatable bonds is 3. The van der Waals surface area contributed by atoms with Crippen molar-refractivity contribution in [1.29, 1.82) is 0 Å². The van der Waals surface area contributed by atoms with Gasteiger partial charge in [0.2, 0.25) is 0 Å². The Morgan fingerprint density at radius 2 is 2.12 bits per heavy atom. The first-order valence-corrected chi connectivity index (χ1v) is 7.31. The third kappa shape index (κ3) is 3.10. The van der Waals surface area contributed by atoms with Crippen LogP contribution in [-0.4, -0.2) is 0 Å².